The van der Waals surface area contributed by atoms with E-state index in [1.165, 1.54) is 0 Å². The molecule has 0 aliphatic heterocycles. The van der Waals surface area contributed by atoms with Crippen LogP contribution in [-0.4, -0.2) is 92.9 Å². The Morgan fingerprint density at radius 1 is 0.600 bits per heavy atom. The molecule has 6 radical (unpaired) electrons. The Morgan fingerprint density at radius 3 is 0.600 bits per heavy atom. The Labute approximate surface area is 163 Å². The summed E-state index contributed by atoms with van der Waals surface area (Å²) in [6, 6.07) is 0. The largest absolute Gasteiger partial charge is 2.00 e. The van der Waals surface area contributed by atoms with Crippen molar-refractivity contribution in [3.8, 4) is 0 Å². The van der Waals surface area contributed by atoms with E-state index >= 15 is 0 Å². The minimum absolute atomic E-state index is 0. The van der Waals surface area contributed by atoms with E-state index < -0.39 is 0 Å². The number of hydrogen-bond acceptors (Lipinski definition) is 7. The van der Waals surface area contributed by atoms with Crippen LogP contribution in [0, 0.1) is 0 Å². The molecule has 84 valence electrons. The van der Waals surface area contributed by atoms with Crippen molar-refractivity contribution in [2.75, 3.05) is 0 Å². The fraction of sp³-hybridized carbons (Fsp3) is 1.00. The van der Waals surface area contributed by atoms with E-state index in [0.29, 0.717) is 0 Å². The van der Waals surface area contributed by atoms with Crippen molar-refractivity contribution in [1.29, 1.82) is 0 Å². The van der Waals surface area contributed by atoms with Crippen molar-refractivity contribution in [2.24, 2.45) is 0 Å². The van der Waals surface area contributed by atoms with Gasteiger partial charge in [0.2, 0.25) is 0 Å². The maximum absolute atomic E-state index is 8.06. The minimum atomic E-state index is -0.167. The van der Waals surface area contributed by atoms with E-state index in [9.17, 15) is 0 Å². The molecule has 0 aromatic heterocycles. The Hall–Kier alpha value is 3.23. The zero-order valence-electron chi connectivity index (χ0n) is 8.72. The van der Waals surface area contributed by atoms with E-state index in [-0.39, 0.29) is 146 Å². The Balaban J connectivity index is -0.000000000818. The molecule has 12 heteroatoms. The predicted octanol–water partition coefficient (Wildman–Crippen LogP) is -1.44. The van der Waals surface area contributed by atoms with Gasteiger partial charge in [0.15, 0.2) is 0 Å². The average molecular weight is 602 g/mol. The normalized spacial score (nSPS) is 2.40. The molecule has 0 saturated heterocycles. The van der Waals surface area contributed by atoms with Crippen molar-refractivity contribution in [1.82, 2.24) is 0 Å². The summed E-state index contributed by atoms with van der Waals surface area (Å²) < 4.78 is 0. The maximum atomic E-state index is 8.06. The molecule has 0 rings (SSSR count). The number of hydrogen-bond donors (Lipinski definition) is 1. The molecule has 0 aromatic carbocycles. The zero-order valence-corrected chi connectivity index (χ0v) is 22.7. The first-order valence-electron chi connectivity index (χ1n) is 1.41. The fourth-order valence-electron chi connectivity index (χ4n) is 0. The molecule has 0 spiro atoms. The smallest absolute Gasteiger partial charge is 0.870 e. The van der Waals surface area contributed by atoms with Gasteiger partial charge in [-0.2, -0.15) is 0 Å². The van der Waals surface area contributed by atoms with Gasteiger partial charge >= 0.3 is 58.4 Å². The third kappa shape index (κ3) is 384. The molecule has 0 aromatic rings. The van der Waals surface area contributed by atoms with Gasteiger partial charge in [-0.1, -0.05) is 0 Å². The van der Waals surface area contributed by atoms with Crippen molar-refractivity contribution in [3.63, 3.8) is 0 Å². The summed E-state index contributed by atoms with van der Waals surface area (Å²) in [6.45, 7) is 3.44. The summed E-state index contributed by atoms with van der Waals surface area (Å²) in [5.41, 5.74) is 0. The number of aliphatic hydroxyl groups excluding tert-OH is 1. The molecule has 0 heterocycles. The van der Waals surface area contributed by atoms with Crippen LogP contribution < -0.4 is 0 Å². The summed E-state index contributed by atoms with van der Waals surface area (Å²) in [4.78, 5) is 0. The van der Waals surface area contributed by atoms with Crippen LogP contribution >= 0.6 is 0 Å². The van der Waals surface area contributed by atoms with Gasteiger partial charge in [0, 0.05) is 55.0 Å². The van der Waals surface area contributed by atoms with Gasteiger partial charge in [-0.3, -0.25) is 0 Å². The molecule has 7 nitrogen and oxygen atoms in total. The van der Waals surface area contributed by atoms with Crippen LogP contribution in [0.25, 0.3) is 0 Å². The summed E-state index contributed by atoms with van der Waals surface area (Å²) in [6.07, 6.45) is -0.167. The SMILES string of the molecule is CC(C)O.[OH-].[OH-].[OH-].[OH-].[OH-].[OH-].[Sb].[Sb].[Zn+2].[Zn+2].[Zn+2]. The van der Waals surface area contributed by atoms with Crippen LogP contribution in [0.3, 0.4) is 0 Å². The molecular weight excluding hydrogens is 588 g/mol. The summed E-state index contributed by atoms with van der Waals surface area (Å²) in [7, 11) is 0. The summed E-state index contributed by atoms with van der Waals surface area (Å²) in [5, 5.41) is 8.06. The third-order valence-electron chi connectivity index (χ3n) is 0. The standard InChI is InChI=1S/C3H8O.6H2O.2Sb.3Zn/c1-3(2)4;;;;;;;;;;;/h3-4H,1-2H3;6*1H2;;;;;/q;;;;;;;;;3*+2/p-6. The molecule has 0 aliphatic rings. The molecule has 0 aliphatic carbocycles. The Kier molecular flexibility index (Phi) is 1090. The topological polar surface area (TPSA) is 200 Å². The second-order valence-electron chi connectivity index (χ2n) is 1.09. The second-order valence-corrected chi connectivity index (χ2v) is 1.09. The molecule has 15 heavy (non-hydrogen) atoms. The van der Waals surface area contributed by atoms with E-state index in [1.807, 2.05) is 0 Å². The van der Waals surface area contributed by atoms with Gasteiger partial charge in [0.25, 0.3) is 0 Å². The molecule has 0 fully saturated rings. The van der Waals surface area contributed by atoms with Crippen LogP contribution in [0.2, 0.25) is 0 Å². The van der Waals surface area contributed by atoms with Gasteiger partial charge in [0.05, 0.1) is 0 Å². The zero-order chi connectivity index (χ0) is 3.58. The monoisotopic (exact) mass is 596 g/mol. The molecule has 0 bridgehead atoms. The first kappa shape index (κ1) is 140. The van der Waals surface area contributed by atoms with Gasteiger partial charge < -0.3 is 38.0 Å². The summed E-state index contributed by atoms with van der Waals surface area (Å²) >= 11 is 0. The van der Waals surface area contributed by atoms with Crippen molar-refractivity contribution in [2.45, 2.75) is 20.0 Å². The third-order valence-corrected chi connectivity index (χ3v) is 0. The fourth-order valence-corrected chi connectivity index (χ4v) is 0. The maximum Gasteiger partial charge on any atom is 2.00 e. The quantitative estimate of drug-likeness (QED) is 0.327. The van der Waals surface area contributed by atoms with Crippen LogP contribution in [0.1, 0.15) is 13.8 Å². The van der Waals surface area contributed by atoms with Gasteiger partial charge in [-0.25, -0.2) is 0 Å². The van der Waals surface area contributed by atoms with E-state index in [4.69, 9.17) is 5.11 Å². The van der Waals surface area contributed by atoms with Crippen LogP contribution in [-0.2, 0) is 58.4 Å². The van der Waals surface area contributed by atoms with Gasteiger partial charge in [0.1, 0.15) is 0 Å². The van der Waals surface area contributed by atoms with Gasteiger partial charge in [-0.05, 0) is 13.8 Å². The minimum Gasteiger partial charge on any atom is -0.870 e. The average Bonchev–Trinajstić information content (AvgIpc) is 0.811. The van der Waals surface area contributed by atoms with Crippen LogP contribution in [0.5, 0.6) is 0 Å². The van der Waals surface area contributed by atoms with Crippen molar-refractivity contribution in [3.05, 3.63) is 0 Å². The predicted molar refractivity (Wildman–Crippen MR) is 40.5 cm³/mol. The van der Waals surface area contributed by atoms with Gasteiger partial charge in [-0.15, -0.1) is 0 Å². The molecule has 0 saturated carbocycles. The molecular formula is C3H14O7Sb2Zn3. The van der Waals surface area contributed by atoms with Crippen molar-refractivity contribution >= 4 is 48.9 Å². The summed E-state index contributed by atoms with van der Waals surface area (Å²) in [5.74, 6) is 0. The number of rotatable bonds is 0. The first-order valence-corrected chi connectivity index (χ1v) is 1.41. The number of aliphatic hydroxyl groups is 1. The van der Waals surface area contributed by atoms with Crippen LogP contribution in [0.4, 0.5) is 0 Å². The Morgan fingerprint density at radius 2 is 0.600 bits per heavy atom. The Bertz CT molecular complexity index is 32.2. The molecule has 7 N–H and O–H groups in total. The van der Waals surface area contributed by atoms with E-state index in [2.05, 4.69) is 0 Å². The molecule has 0 amide bonds. The van der Waals surface area contributed by atoms with E-state index in [1.54, 1.807) is 13.8 Å². The molecule has 0 unspecified atom stereocenters. The molecule has 0 atom stereocenters. The van der Waals surface area contributed by atoms with E-state index in [0.717, 1.165) is 0 Å². The van der Waals surface area contributed by atoms with Crippen molar-refractivity contribution < 1.29 is 96.4 Å². The second kappa shape index (κ2) is 117. The van der Waals surface area contributed by atoms with Crippen LogP contribution in [0.15, 0.2) is 0 Å². The first-order chi connectivity index (χ1) is 1.73.